The number of amides is 1. The van der Waals surface area contributed by atoms with Crippen LogP contribution >= 0.6 is 0 Å². The van der Waals surface area contributed by atoms with Gasteiger partial charge >= 0.3 is 0 Å². The Kier molecular flexibility index (Phi) is 6.01. The number of hydrogen-bond acceptors (Lipinski definition) is 4. The molecule has 1 aromatic heterocycles. The standard InChI is InChI=1S/C17H22N2O3/c1-13(2)15-5-7-16(8-6-15)21-12-17(20)18-9-3-4-14-10-19-22-11-14/h5-8,10-11,13H,3-4,9,12H2,1-2H3,(H,18,20). The second kappa shape index (κ2) is 8.22. The fourth-order valence-electron chi connectivity index (χ4n) is 2.02. The lowest BCUT2D eigenvalue weighted by Gasteiger charge is -2.09. The van der Waals surface area contributed by atoms with E-state index < -0.39 is 0 Å². The molecule has 5 nitrogen and oxygen atoms in total. The highest BCUT2D eigenvalue weighted by molar-refractivity contribution is 5.77. The highest BCUT2D eigenvalue weighted by atomic mass is 16.5. The number of rotatable bonds is 8. The molecule has 1 N–H and O–H groups in total. The van der Waals surface area contributed by atoms with E-state index in [0.717, 1.165) is 18.4 Å². The van der Waals surface area contributed by atoms with Crippen molar-refractivity contribution in [2.45, 2.75) is 32.6 Å². The van der Waals surface area contributed by atoms with Crippen LogP contribution in [0.3, 0.4) is 0 Å². The number of aromatic nitrogens is 1. The Morgan fingerprint density at radius 2 is 2.09 bits per heavy atom. The first-order valence-corrected chi connectivity index (χ1v) is 7.53. The lowest BCUT2D eigenvalue weighted by Crippen LogP contribution is -2.29. The Labute approximate surface area is 130 Å². The Morgan fingerprint density at radius 1 is 1.32 bits per heavy atom. The molecule has 0 aliphatic heterocycles. The average molecular weight is 302 g/mol. The molecule has 0 unspecified atom stereocenters. The van der Waals surface area contributed by atoms with E-state index in [0.29, 0.717) is 18.2 Å². The van der Waals surface area contributed by atoms with Gasteiger partial charge in [0.2, 0.25) is 0 Å². The molecule has 22 heavy (non-hydrogen) atoms. The summed E-state index contributed by atoms with van der Waals surface area (Å²) in [6.07, 6.45) is 4.98. The molecule has 2 aromatic rings. The van der Waals surface area contributed by atoms with Gasteiger partial charge in [-0.3, -0.25) is 4.79 Å². The molecule has 5 heteroatoms. The SMILES string of the molecule is CC(C)c1ccc(OCC(=O)NCCCc2cnoc2)cc1. The first-order chi connectivity index (χ1) is 10.6. The van der Waals surface area contributed by atoms with Crippen LogP contribution in [-0.4, -0.2) is 24.2 Å². The van der Waals surface area contributed by atoms with E-state index in [1.54, 1.807) is 12.5 Å². The van der Waals surface area contributed by atoms with Crippen molar-refractivity contribution in [1.82, 2.24) is 10.5 Å². The molecule has 118 valence electrons. The third-order valence-electron chi connectivity index (χ3n) is 3.36. The predicted octanol–water partition coefficient (Wildman–Crippen LogP) is 2.93. The molecular weight excluding hydrogens is 280 g/mol. The summed E-state index contributed by atoms with van der Waals surface area (Å²) in [4.78, 5) is 11.7. The predicted molar refractivity (Wildman–Crippen MR) is 83.9 cm³/mol. The molecule has 0 aliphatic rings. The monoisotopic (exact) mass is 302 g/mol. The minimum atomic E-state index is -0.113. The average Bonchev–Trinajstić information content (AvgIpc) is 3.03. The van der Waals surface area contributed by atoms with E-state index in [4.69, 9.17) is 9.26 Å². The molecule has 0 fully saturated rings. The summed E-state index contributed by atoms with van der Waals surface area (Å²) in [7, 11) is 0. The van der Waals surface area contributed by atoms with Gasteiger partial charge < -0.3 is 14.6 Å². The summed E-state index contributed by atoms with van der Waals surface area (Å²) < 4.78 is 10.2. The van der Waals surface area contributed by atoms with Crippen LogP contribution in [0.5, 0.6) is 5.75 Å². The van der Waals surface area contributed by atoms with Gasteiger partial charge in [0.05, 0.1) is 6.20 Å². The van der Waals surface area contributed by atoms with Crippen LogP contribution in [0.4, 0.5) is 0 Å². The number of carbonyl (C=O) groups excluding carboxylic acids is 1. The number of ether oxygens (including phenoxy) is 1. The molecule has 1 aromatic carbocycles. The largest absolute Gasteiger partial charge is 0.484 e. The van der Waals surface area contributed by atoms with Crippen LogP contribution in [-0.2, 0) is 11.2 Å². The maximum absolute atomic E-state index is 11.7. The van der Waals surface area contributed by atoms with Gasteiger partial charge in [0.25, 0.3) is 5.91 Å². The molecule has 0 bridgehead atoms. The summed E-state index contributed by atoms with van der Waals surface area (Å²) in [5.41, 5.74) is 2.29. The normalized spacial score (nSPS) is 10.7. The molecule has 0 spiro atoms. The topological polar surface area (TPSA) is 64.4 Å². The van der Waals surface area contributed by atoms with Gasteiger partial charge in [-0.25, -0.2) is 0 Å². The molecule has 0 radical (unpaired) electrons. The van der Waals surface area contributed by atoms with Gasteiger partial charge in [-0.1, -0.05) is 31.1 Å². The second-order valence-corrected chi connectivity index (χ2v) is 5.50. The van der Waals surface area contributed by atoms with Crippen LogP contribution < -0.4 is 10.1 Å². The van der Waals surface area contributed by atoms with Gasteiger partial charge in [-0.2, -0.15) is 0 Å². The number of aryl methyl sites for hydroxylation is 1. The lowest BCUT2D eigenvalue weighted by molar-refractivity contribution is -0.123. The molecular formula is C17H22N2O3. The zero-order chi connectivity index (χ0) is 15.8. The maximum Gasteiger partial charge on any atom is 0.257 e. The quantitative estimate of drug-likeness (QED) is 0.761. The first kappa shape index (κ1) is 16.1. The van der Waals surface area contributed by atoms with E-state index in [1.807, 2.05) is 24.3 Å². The summed E-state index contributed by atoms with van der Waals surface area (Å²) in [5, 5.41) is 6.46. The smallest absolute Gasteiger partial charge is 0.257 e. The van der Waals surface area contributed by atoms with Crippen molar-refractivity contribution < 1.29 is 14.1 Å². The number of hydrogen-bond donors (Lipinski definition) is 1. The molecule has 0 saturated carbocycles. The van der Waals surface area contributed by atoms with E-state index in [-0.39, 0.29) is 12.5 Å². The van der Waals surface area contributed by atoms with Crippen molar-refractivity contribution in [1.29, 1.82) is 0 Å². The summed E-state index contributed by atoms with van der Waals surface area (Å²) >= 11 is 0. The Morgan fingerprint density at radius 3 is 2.73 bits per heavy atom. The second-order valence-electron chi connectivity index (χ2n) is 5.50. The van der Waals surface area contributed by atoms with Crippen LogP contribution in [0.25, 0.3) is 0 Å². The fraction of sp³-hybridized carbons (Fsp3) is 0.412. The first-order valence-electron chi connectivity index (χ1n) is 7.53. The zero-order valence-electron chi connectivity index (χ0n) is 13.0. The van der Waals surface area contributed by atoms with Crippen LogP contribution in [0.1, 0.15) is 37.3 Å². The minimum Gasteiger partial charge on any atom is -0.484 e. The van der Waals surface area contributed by atoms with Crippen molar-refractivity contribution in [3.05, 3.63) is 47.9 Å². The van der Waals surface area contributed by atoms with Gasteiger partial charge in [-0.05, 0) is 36.5 Å². The maximum atomic E-state index is 11.7. The number of nitrogens with one attached hydrogen (secondary N) is 1. The van der Waals surface area contributed by atoms with Gasteiger partial charge in [-0.15, -0.1) is 0 Å². The van der Waals surface area contributed by atoms with E-state index in [1.165, 1.54) is 5.56 Å². The molecule has 1 amide bonds. The fourth-order valence-corrected chi connectivity index (χ4v) is 2.02. The molecule has 1 heterocycles. The molecule has 0 atom stereocenters. The van der Waals surface area contributed by atoms with E-state index in [2.05, 4.69) is 24.3 Å². The third-order valence-corrected chi connectivity index (χ3v) is 3.36. The van der Waals surface area contributed by atoms with E-state index >= 15 is 0 Å². The van der Waals surface area contributed by atoms with Crippen molar-refractivity contribution >= 4 is 5.91 Å². The van der Waals surface area contributed by atoms with E-state index in [9.17, 15) is 4.79 Å². The molecule has 0 saturated heterocycles. The zero-order valence-corrected chi connectivity index (χ0v) is 13.0. The highest BCUT2D eigenvalue weighted by Gasteiger charge is 2.04. The Balaban J connectivity index is 1.62. The highest BCUT2D eigenvalue weighted by Crippen LogP contribution is 2.18. The van der Waals surface area contributed by atoms with Crippen LogP contribution in [0.2, 0.25) is 0 Å². The van der Waals surface area contributed by atoms with Gasteiger partial charge in [0, 0.05) is 12.1 Å². The van der Waals surface area contributed by atoms with Crippen molar-refractivity contribution in [2.75, 3.05) is 13.2 Å². The lowest BCUT2D eigenvalue weighted by atomic mass is 10.0. The van der Waals surface area contributed by atoms with Gasteiger partial charge in [0.15, 0.2) is 6.61 Å². The van der Waals surface area contributed by atoms with Gasteiger partial charge in [0.1, 0.15) is 12.0 Å². The summed E-state index contributed by atoms with van der Waals surface area (Å²) in [6, 6.07) is 7.84. The summed E-state index contributed by atoms with van der Waals surface area (Å²) in [5.74, 6) is 1.09. The van der Waals surface area contributed by atoms with Crippen LogP contribution in [0, 0.1) is 0 Å². The van der Waals surface area contributed by atoms with Crippen molar-refractivity contribution in [3.8, 4) is 5.75 Å². The number of benzene rings is 1. The molecule has 2 rings (SSSR count). The Hall–Kier alpha value is -2.30. The third kappa shape index (κ3) is 5.24. The molecule has 0 aliphatic carbocycles. The number of nitrogens with zero attached hydrogens (tertiary/aromatic N) is 1. The van der Waals surface area contributed by atoms with Crippen molar-refractivity contribution in [3.63, 3.8) is 0 Å². The Bertz CT molecular complexity index is 562. The minimum absolute atomic E-state index is 0.0360. The van der Waals surface area contributed by atoms with Crippen molar-refractivity contribution in [2.24, 2.45) is 0 Å². The number of carbonyl (C=O) groups is 1. The summed E-state index contributed by atoms with van der Waals surface area (Å²) in [6.45, 7) is 4.93. The van der Waals surface area contributed by atoms with Crippen LogP contribution in [0.15, 0.2) is 41.2 Å².